The van der Waals surface area contributed by atoms with Gasteiger partial charge in [-0.1, -0.05) is 25.5 Å². The third-order valence-corrected chi connectivity index (χ3v) is 4.39. The maximum Gasteiger partial charge on any atom is 0.301 e. The van der Waals surface area contributed by atoms with Gasteiger partial charge in [0.05, 0.1) is 33.5 Å². The highest BCUT2D eigenvalue weighted by molar-refractivity contribution is 5.86. The van der Waals surface area contributed by atoms with Crippen molar-refractivity contribution in [3.05, 3.63) is 62.7 Å². The molecular weight excluding hydrogens is 364 g/mol. The van der Waals surface area contributed by atoms with E-state index in [-0.39, 0.29) is 17.5 Å². The van der Waals surface area contributed by atoms with Crippen LogP contribution in [0.25, 0.3) is 0 Å². The summed E-state index contributed by atoms with van der Waals surface area (Å²) in [6, 6.07) is 11.3. The van der Waals surface area contributed by atoms with Gasteiger partial charge in [-0.3, -0.25) is 25.7 Å². The van der Waals surface area contributed by atoms with Crippen LogP contribution in [-0.2, 0) is 0 Å². The summed E-state index contributed by atoms with van der Waals surface area (Å²) >= 11 is 0. The summed E-state index contributed by atoms with van der Waals surface area (Å²) < 4.78 is 0. The molecule has 0 bridgehead atoms. The van der Waals surface area contributed by atoms with Crippen molar-refractivity contribution in [3.8, 4) is 0 Å². The van der Waals surface area contributed by atoms with E-state index in [1.807, 2.05) is 24.3 Å². The van der Waals surface area contributed by atoms with Crippen LogP contribution in [0.15, 0.2) is 47.6 Å². The number of nitro groups is 2. The Bertz CT molecular complexity index is 917. The Morgan fingerprint density at radius 1 is 1.21 bits per heavy atom. The Balaban J connectivity index is 1.77. The molecule has 2 aromatic carbocycles. The van der Waals surface area contributed by atoms with Gasteiger partial charge in [0.15, 0.2) is 0 Å². The van der Waals surface area contributed by atoms with E-state index < -0.39 is 15.5 Å². The van der Waals surface area contributed by atoms with Crippen molar-refractivity contribution in [1.29, 1.82) is 0 Å². The zero-order valence-electron chi connectivity index (χ0n) is 15.2. The molecule has 2 N–H and O–H groups in total. The van der Waals surface area contributed by atoms with E-state index in [1.54, 1.807) is 6.21 Å². The van der Waals surface area contributed by atoms with Crippen molar-refractivity contribution in [3.63, 3.8) is 0 Å². The van der Waals surface area contributed by atoms with E-state index in [2.05, 4.69) is 27.7 Å². The minimum absolute atomic E-state index is 0.0856. The molecule has 1 aliphatic rings. The van der Waals surface area contributed by atoms with E-state index in [0.717, 1.165) is 36.8 Å². The number of anilines is 3. The molecule has 0 radical (unpaired) electrons. The molecule has 0 saturated heterocycles. The maximum absolute atomic E-state index is 11.2. The van der Waals surface area contributed by atoms with Crippen LogP contribution in [0, 0.1) is 20.2 Å². The first-order valence-corrected chi connectivity index (χ1v) is 8.85. The number of benzene rings is 2. The first-order valence-electron chi connectivity index (χ1n) is 8.85. The number of nitrogens with zero attached hydrogens (tertiary/aromatic N) is 4. The second-order valence-electron chi connectivity index (χ2n) is 6.26. The van der Waals surface area contributed by atoms with Crippen LogP contribution in [0.4, 0.5) is 28.4 Å². The van der Waals surface area contributed by atoms with Gasteiger partial charge in [-0.05, 0) is 24.6 Å². The fourth-order valence-electron chi connectivity index (χ4n) is 3.00. The number of hydrazone groups is 1. The van der Waals surface area contributed by atoms with E-state index in [1.165, 1.54) is 12.1 Å². The molecule has 1 heterocycles. The lowest BCUT2D eigenvalue weighted by atomic mass is 10.2. The van der Waals surface area contributed by atoms with E-state index >= 15 is 0 Å². The molecule has 10 heteroatoms. The number of nitro benzene ring substituents is 2. The third-order valence-electron chi connectivity index (χ3n) is 4.39. The van der Waals surface area contributed by atoms with Crippen LogP contribution in [-0.4, -0.2) is 28.8 Å². The zero-order valence-corrected chi connectivity index (χ0v) is 15.2. The summed E-state index contributed by atoms with van der Waals surface area (Å²) in [5.74, 6) is 0. The number of unbranched alkanes of at least 4 members (excludes halogenated alkanes) is 1. The van der Waals surface area contributed by atoms with Crippen molar-refractivity contribution in [2.24, 2.45) is 5.10 Å². The topological polar surface area (TPSA) is 126 Å². The lowest BCUT2D eigenvalue weighted by Crippen LogP contribution is -2.37. The van der Waals surface area contributed by atoms with Crippen LogP contribution in [0.2, 0.25) is 0 Å². The van der Waals surface area contributed by atoms with Gasteiger partial charge in [-0.2, -0.15) is 5.10 Å². The van der Waals surface area contributed by atoms with Crippen molar-refractivity contribution in [1.82, 2.24) is 0 Å². The second-order valence-corrected chi connectivity index (χ2v) is 6.26. The molecule has 10 nitrogen and oxygen atoms in total. The number of fused-ring (bicyclic) bond motifs is 1. The first kappa shape index (κ1) is 19.1. The number of hydrogen-bond acceptors (Lipinski definition) is 8. The molecule has 1 atom stereocenters. The lowest BCUT2D eigenvalue weighted by Gasteiger charge is -2.23. The van der Waals surface area contributed by atoms with Gasteiger partial charge in [0, 0.05) is 12.6 Å². The highest BCUT2D eigenvalue weighted by atomic mass is 16.6. The standard InChI is InChI=1S/C18H20N6O4/c1-2-3-10-22-16-7-5-4-6-14(16)20-18(22)12-19-21-15-9-8-13(23(25)26)11-17(15)24(27)28/h4-9,11-12,18,20-21H,2-3,10H2,1H3/b19-12-/t18-/m1/s1. The fourth-order valence-corrected chi connectivity index (χ4v) is 3.00. The zero-order chi connectivity index (χ0) is 20.1. The normalized spacial score (nSPS) is 15.3. The highest BCUT2D eigenvalue weighted by Crippen LogP contribution is 2.34. The Morgan fingerprint density at radius 3 is 2.71 bits per heavy atom. The maximum atomic E-state index is 11.2. The summed E-state index contributed by atoms with van der Waals surface area (Å²) in [6.45, 7) is 2.96. The number of nitrogens with one attached hydrogen (secondary N) is 2. The Morgan fingerprint density at radius 2 is 2.00 bits per heavy atom. The summed E-state index contributed by atoms with van der Waals surface area (Å²) in [5.41, 5.74) is 4.04. The highest BCUT2D eigenvalue weighted by Gasteiger charge is 2.26. The van der Waals surface area contributed by atoms with Gasteiger partial charge in [-0.15, -0.1) is 0 Å². The summed E-state index contributed by atoms with van der Waals surface area (Å²) in [4.78, 5) is 22.9. The number of non-ortho nitro benzene ring substituents is 1. The average molecular weight is 384 g/mol. The predicted molar refractivity (Wildman–Crippen MR) is 108 cm³/mol. The molecule has 3 rings (SSSR count). The van der Waals surface area contributed by atoms with Crippen LogP contribution < -0.4 is 15.6 Å². The van der Waals surface area contributed by atoms with E-state index in [4.69, 9.17) is 0 Å². The third kappa shape index (κ3) is 4.00. The summed E-state index contributed by atoms with van der Waals surface area (Å²) in [7, 11) is 0. The van der Waals surface area contributed by atoms with Gasteiger partial charge in [-0.25, -0.2) is 0 Å². The average Bonchev–Trinajstić information content (AvgIpc) is 3.03. The molecule has 0 fully saturated rings. The van der Waals surface area contributed by atoms with Crippen molar-refractivity contribution in [2.45, 2.75) is 25.9 Å². The Hall–Kier alpha value is -3.69. The Labute approximate surface area is 161 Å². The molecule has 1 aliphatic heterocycles. The van der Waals surface area contributed by atoms with Gasteiger partial charge >= 0.3 is 5.69 Å². The van der Waals surface area contributed by atoms with Crippen molar-refractivity contribution >= 4 is 34.7 Å². The van der Waals surface area contributed by atoms with E-state index in [0.29, 0.717) is 0 Å². The first-order chi connectivity index (χ1) is 13.5. The molecule has 2 aromatic rings. The molecule has 0 amide bonds. The Kier molecular flexibility index (Phi) is 5.68. The largest absolute Gasteiger partial charge is 0.359 e. The molecule has 0 aliphatic carbocycles. The minimum atomic E-state index is -0.678. The van der Waals surface area contributed by atoms with Crippen molar-refractivity contribution in [2.75, 3.05) is 22.2 Å². The van der Waals surface area contributed by atoms with Crippen LogP contribution >= 0.6 is 0 Å². The fraction of sp³-hybridized carbons (Fsp3) is 0.278. The number of para-hydroxylation sites is 2. The van der Waals surface area contributed by atoms with Gasteiger partial charge < -0.3 is 10.2 Å². The lowest BCUT2D eigenvalue weighted by molar-refractivity contribution is -0.393. The predicted octanol–water partition coefficient (Wildman–Crippen LogP) is 3.96. The molecule has 28 heavy (non-hydrogen) atoms. The second kappa shape index (κ2) is 8.33. The molecule has 0 aromatic heterocycles. The molecule has 0 unspecified atom stereocenters. The van der Waals surface area contributed by atoms with Crippen LogP contribution in [0.5, 0.6) is 0 Å². The monoisotopic (exact) mass is 384 g/mol. The van der Waals surface area contributed by atoms with Crippen LogP contribution in [0.3, 0.4) is 0 Å². The summed E-state index contributed by atoms with van der Waals surface area (Å²) in [5, 5.41) is 29.5. The van der Waals surface area contributed by atoms with Crippen LogP contribution in [0.1, 0.15) is 19.8 Å². The number of rotatable bonds is 8. The molecule has 0 spiro atoms. The van der Waals surface area contributed by atoms with Gasteiger partial charge in [0.2, 0.25) is 0 Å². The molecular formula is C18H20N6O4. The molecule has 146 valence electrons. The quantitative estimate of drug-likeness (QED) is 0.401. The van der Waals surface area contributed by atoms with E-state index in [9.17, 15) is 20.2 Å². The minimum Gasteiger partial charge on any atom is -0.359 e. The van der Waals surface area contributed by atoms with Gasteiger partial charge in [0.25, 0.3) is 5.69 Å². The SMILES string of the molecule is CCCCN1c2ccccc2N[C@H]1/C=N\Nc1ccc([N+](=O)[O-])cc1[N+](=O)[O-]. The number of hydrogen-bond donors (Lipinski definition) is 2. The van der Waals surface area contributed by atoms with Crippen molar-refractivity contribution < 1.29 is 9.85 Å². The smallest absolute Gasteiger partial charge is 0.301 e. The summed E-state index contributed by atoms with van der Waals surface area (Å²) in [6.07, 6.45) is 3.49. The van der Waals surface area contributed by atoms with Gasteiger partial charge in [0.1, 0.15) is 11.9 Å². The molecule has 0 saturated carbocycles.